The predicted molar refractivity (Wildman–Crippen MR) is 72.2 cm³/mol. The van der Waals surface area contributed by atoms with Crippen molar-refractivity contribution in [3.05, 3.63) is 0 Å². The molecule has 2 saturated carbocycles. The fraction of sp³-hybridized carbons (Fsp3) is 0.933. The van der Waals surface area contributed by atoms with Crippen molar-refractivity contribution in [1.82, 2.24) is 4.90 Å². The van der Waals surface area contributed by atoms with E-state index in [0.29, 0.717) is 11.9 Å². The Labute approximate surface area is 111 Å². The van der Waals surface area contributed by atoms with Crippen LogP contribution < -0.4 is 0 Å². The second-order valence-corrected chi connectivity index (χ2v) is 6.00. The van der Waals surface area contributed by atoms with Gasteiger partial charge in [-0.3, -0.25) is 4.79 Å². The van der Waals surface area contributed by atoms with Crippen LogP contribution in [0, 0.1) is 5.41 Å². The van der Waals surface area contributed by atoms with Crippen LogP contribution in [0.25, 0.3) is 0 Å². The highest BCUT2D eigenvalue weighted by Crippen LogP contribution is 2.43. The molecule has 2 aliphatic rings. The topological polar surface area (TPSA) is 40.5 Å². The first-order chi connectivity index (χ1) is 8.73. The summed E-state index contributed by atoms with van der Waals surface area (Å²) in [5, 5.41) is 9.02. The molecule has 0 aromatic carbocycles. The molecule has 18 heavy (non-hydrogen) atoms. The second kappa shape index (κ2) is 6.05. The van der Waals surface area contributed by atoms with Crippen molar-refractivity contribution in [3.8, 4) is 0 Å². The van der Waals surface area contributed by atoms with Crippen molar-refractivity contribution in [3.63, 3.8) is 0 Å². The normalized spacial score (nSPS) is 22.8. The SMILES string of the molecule is CCC1(C(=O)N(CCCO)C2CCC2)CCCC1. The molecule has 0 aromatic heterocycles. The standard InChI is InChI=1S/C15H27NO2/c1-2-15(9-3-4-10-15)14(18)16(11-6-12-17)13-7-5-8-13/h13,17H,2-12H2,1H3. The smallest absolute Gasteiger partial charge is 0.229 e. The number of carbonyl (C=O) groups excluding carboxylic acids is 1. The van der Waals surface area contributed by atoms with Crippen molar-refractivity contribution >= 4 is 5.91 Å². The number of amides is 1. The van der Waals surface area contributed by atoms with Crippen LogP contribution in [0.1, 0.15) is 64.7 Å². The quantitative estimate of drug-likeness (QED) is 0.790. The largest absolute Gasteiger partial charge is 0.396 e. The van der Waals surface area contributed by atoms with Gasteiger partial charge in [0.25, 0.3) is 0 Å². The van der Waals surface area contributed by atoms with Gasteiger partial charge in [-0.15, -0.1) is 0 Å². The van der Waals surface area contributed by atoms with Gasteiger partial charge >= 0.3 is 0 Å². The molecule has 104 valence electrons. The van der Waals surface area contributed by atoms with Gasteiger partial charge < -0.3 is 10.0 Å². The summed E-state index contributed by atoms with van der Waals surface area (Å²) in [4.78, 5) is 15.0. The lowest BCUT2D eigenvalue weighted by Gasteiger charge is -2.42. The first kappa shape index (κ1) is 13.9. The Balaban J connectivity index is 2.05. The minimum Gasteiger partial charge on any atom is -0.396 e. The lowest BCUT2D eigenvalue weighted by atomic mass is 9.80. The molecule has 0 heterocycles. The van der Waals surface area contributed by atoms with Gasteiger partial charge in [-0.2, -0.15) is 0 Å². The Morgan fingerprint density at radius 3 is 2.39 bits per heavy atom. The van der Waals surface area contributed by atoms with Crippen molar-refractivity contribution < 1.29 is 9.90 Å². The van der Waals surface area contributed by atoms with Crippen molar-refractivity contribution in [2.75, 3.05) is 13.2 Å². The second-order valence-electron chi connectivity index (χ2n) is 6.00. The molecule has 0 aliphatic heterocycles. The number of aliphatic hydroxyl groups is 1. The Kier molecular flexibility index (Phi) is 4.66. The highest BCUT2D eigenvalue weighted by molar-refractivity contribution is 5.83. The Hall–Kier alpha value is -0.570. The summed E-state index contributed by atoms with van der Waals surface area (Å²) in [6.07, 6.45) is 9.85. The van der Waals surface area contributed by atoms with Gasteiger partial charge in [0.05, 0.1) is 0 Å². The fourth-order valence-electron chi connectivity index (χ4n) is 3.46. The maximum Gasteiger partial charge on any atom is 0.229 e. The van der Waals surface area contributed by atoms with Crippen LogP contribution in [0.15, 0.2) is 0 Å². The number of rotatable bonds is 6. The van der Waals surface area contributed by atoms with E-state index in [1.54, 1.807) is 0 Å². The molecule has 3 heteroatoms. The van der Waals surface area contributed by atoms with Crippen molar-refractivity contribution in [1.29, 1.82) is 0 Å². The number of hydrogen-bond acceptors (Lipinski definition) is 2. The van der Waals surface area contributed by atoms with E-state index in [1.165, 1.54) is 19.3 Å². The van der Waals surface area contributed by atoms with E-state index >= 15 is 0 Å². The molecule has 2 rings (SSSR count). The third-order valence-electron chi connectivity index (χ3n) is 5.02. The van der Waals surface area contributed by atoms with Crippen LogP contribution in [-0.2, 0) is 4.79 Å². The van der Waals surface area contributed by atoms with Crippen LogP contribution in [-0.4, -0.2) is 35.1 Å². The highest BCUT2D eigenvalue weighted by atomic mass is 16.3. The summed E-state index contributed by atoms with van der Waals surface area (Å²) < 4.78 is 0. The summed E-state index contributed by atoms with van der Waals surface area (Å²) in [5.41, 5.74) is -0.0644. The molecule has 0 saturated heterocycles. The lowest BCUT2D eigenvalue weighted by Crippen LogP contribution is -2.50. The third kappa shape index (κ3) is 2.56. The zero-order valence-electron chi connectivity index (χ0n) is 11.7. The Bertz CT molecular complexity index is 280. The Morgan fingerprint density at radius 1 is 1.28 bits per heavy atom. The first-order valence-corrected chi connectivity index (χ1v) is 7.65. The monoisotopic (exact) mass is 253 g/mol. The molecule has 2 aliphatic carbocycles. The summed E-state index contributed by atoms with van der Waals surface area (Å²) in [6.45, 7) is 3.10. The molecule has 0 aromatic rings. The minimum absolute atomic E-state index is 0.0644. The highest BCUT2D eigenvalue weighted by Gasteiger charge is 2.44. The van der Waals surface area contributed by atoms with Crippen molar-refractivity contribution in [2.24, 2.45) is 5.41 Å². The zero-order chi connectivity index (χ0) is 13.0. The molecule has 3 nitrogen and oxygen atoms in total. The summed E-state index contributed by atoms with van der Waals surface area (Å²) in [7, 11) is 0. The van der Waals surface area contributed by atoms with E-state index in [2.05, 4.69) is 11.8 Å². The summed E-state index contributed by atoms with van der Waals surface area (Å²) in [5.74, 6) is 0.389. The van der Waals surface area contributed by atoms with E-state index in [1.807, 2.05) is 0 Å². The maximum atomic E-state index is 12.9. The summed E-state index contributed by atoms with van der Waals surface area (Å²) in [6, 6.07) is 0.466. The van der Waals surface area contributed by atoms with Gasteiger partial charge in [0.15, 0.2) is 0 Å². The molecule has 0 unspecified atom stereocenters. The van der Waals surface area contributed by atoms with Crippen LogP contribution in [0.3, 0.4) is 0 Å². The molecular formula is C15H27NO2. The fourth-order valence-corrected chi connectivity index (χ4v) is 3.46. The molecule has 1 N–H and O–H groups in total. The minimum atomic E-state index is -0.0644. The molecular weight excluding hydrogens is 226 g/mol. The number of nitrogens with zero attached hydrogens (tertiary/aromatic N) is 1. The Morgan fingerprint density at radius 2 is 1.94 bits per heavy atom. The number of carbonyl (C=O) groups is 1. The lowest BCUT2D eigenvalue weighted by molar-refractivity contribution is -0.146. The predicted octanol–water partition coefficient (Wildman–Crippen LogP) is 2.72. The van der Waals surface area contributed by atoms with Gasteiger partial charge in [-0.1, -0.05) is 19.8 Å². The van der Waals surface area contributed by atoms with Gasteiger partial charge in [0, 0.05) is 24.6 Å². The van der Waals surface area contributed by atoms with Crippen LogP contribution in [0.5, 0.6) is 0 Å². The molecule has 2 fully saturated rings. The molecule has 0 atom stereocenters. The van der Waals surface area contributed by atoms with E-state index in [-0.39, 0.29) is 12.0 Å². The van der Waals surface area contributed by atoms with E-state index in [4.69, 9.17) is 5.11 Å². The zero-order valence-corrected chi connectivity index (χ0v) is 11.7. The first-order valence-electron chi connectivity index (χ1n) is 7.65. The average molecular weight is 253 g/mol. The van der Waals surface area contributed by atoms with Crippen LogP contribution in [0.4, 0.5) is 0 Å². The van der Waals surface area contributed by atoms with E-state index in [0.717, 1.165) is 45.1 Å². The average Bonchev–Trinajstić information content (AvgIpc) is 2.81. The van der Waals surface area contributed by atoms with Gasteiger partial charge in [0.1, 0.15) is 0 Å². The number of hydrogen-bond donors (Lipinski definition) is 1. The van der Waals surface area contributed by atoms with Gasteiger partial charge in [0.2, 0.25) is 5.91 Å². The summed E-state index contributed by atoms with van der Waals surface area (Å²) >= 11 is 0. The molecule has 0 bridgehead atoms. The van der Waals surface area contributed by atoms with E-state index in [9.17, 15) is 4.79 Å². The molecule has 0 spiro atoms. The number of aliphatic hydroxyl groups excluding tert-OH is 1. The van der Waals surface area contributed by atoms with E-state index < -0.39 is 0 Å². The van der Waals surface area contributed by atoms with Crippen LogP contribution in [0.2, 0.25) is 0 Å². The van der Waals surface area contributed by atoms with Crippen molar-refractivity contribution in [2.45, 2.75) is 70.8 Å². The molecule has 1 amide bonds. The van der Waals surface area contributed by atoms with Gasteiger partial charge in [-0.05, 0) is 44.9 Å². The molecule has 0 radical (unpaired) electrons. The maximum absolute atomic E-state index is 12.9. The third-order valence-corrected chi connectivity index (χ3v) is 5.02. The van der Waals surface area contributed by atoms with Crippen LogP contribution >= 0.6 is 0 Å². The van der Waals surface area contributed by atoms with Gasteiger partial charge in [-0.25, -0.2) is 0 Å².